The predicted molar refractivity (Wildman–Crippen MR) is 84.2 cm³/mol. The Morgan fingerprint density at radius 1 is 1.32 bits per heavy atom. The summed E-state index contributed by atoms with van der Waals surface area (Å²) in [5, 5.41) is 4.32. The number of nitrogens with zero attached hydrogens (tertiary/aromatic N) is 2. The summed E-state index contributed by atoms with van der Waals surface area (Å²) in [5.41, 5.74) is 2.17. The first kappa shape index (κ1) is 17.7. The molecular weight excluding hydrogens is 337 g/mol. The molecule has 0 atom stereocenters. The fraction of sp³-hybridized carbons (Fsp3) is 0.529. The number of halogens is 3. The van der Waals surface area contributed by atoms with Crippen LogP contribution in [0.25, 0.3) is 5.52 Å². The van der Waals surface area contributed by atoms with Gasteiger partial charge in [-0.05, 0) is 25.0 Å². The van der Waals surface area contributed by atoms with Gasteiger partial charge in [-0.3, -0.25) is 4.79 Å². The van der Waals surface area contributed by atoms with Gasteiger partial charge >= 0.3 is 6.18 Å². The molecule has 0 unspecified atom stereocenters. The molecule has 8 heteroatoms. The van der Waals surface area contributed by atoms with Gasteiger partial charge in [0.05, 0.1) is 29.6 Å². The Kier molecular flexibility index (Phi) is 4.99. The minimum atomic E-state index is -4.34. The van der Waals surface area contributed by atoms with E-state index in [0.717, 1.165) is 24.1 Å². The van der Waals surface area contributed by atoms with E-state index >= 15 is 0 Å². The molecule has 1 aliphatic carbocycles. The van der Waals surface area contributed by atoms with Crippen molar-refractivity contribution in [2.45, 2.75) is 38.3 Å². The number of pyridine rings is 1. The van der Waals surface area contributed by atoms with E-state index in [-0.39, 0.29) is 19.0 Å². The molecule has 1 saturated carbocycles. The lowest BCUT2D eigenvalue weighted by atomic mass is 10.1. The van der Waals surface area contributed by atoms with Gasteiger partial charge in [0.2, 0.25) is 0 Å². The van der Waals surface area contributed by atoms with Gasteiger partial charge in [0.15, 0.2) is 5.78 Å². The maximum Gasteiger partial charge on any atom is 0.411 e. The third-order valence-electron chi connectivity index (χ3n) is 4.02. The van der Waals surface area contributed by atoms with Crippen LogP contribution in [0, 0.1) is 0 Å². The van der Waals surface area contributed by atoms with Gasteiger partial charge in [-0.25, -0.2) is 4.52 Å². The highest BCUT2D eigenvalue weighted by Gasteiger charge is 2.31. The topological polar surface area (TPSA) is 52.8 Å². The van der Waals surface area contributed by atoms with Crippen molar-refractivity contribution in [3.05, 3.63) is 29.6 Å². The van der Waals surface area contributed by atoms with Gasteiger partial charge in [0.1, 0.15) is 19.0 Å². The van der Waals surface area contributed by atoms with E-state index in [1.165, 1.54) is 0 Å². The molecule has 0 spiro atoms. The van der Waals surface area contributed by atoms with Crippen molar-refractivity contribution in [1.82, 2.24) is 9.61 Å². The molecule has 1 fully saturated rings. The van der Waals surface area contributed by atoms with Crippen LogP contribution in [0.3, 0.4) is 0 Å². The molecule has 3 rings (SSSR count). The Bertz CT molecular complexity index is 766. The quantitative estimate of drug-likeness (QED) is 0.534. The number of hydrogen-bond donors (Lipinski definition) is 0. The average molecular weight is 356 g/mol. The molecule has 0 bridgehead atoms. The minimum Gasteiger partial charge on any atom is -0.489 e. The van der Waals surface area contributed by atoms with Crippen LogP contribution >= 0.6 is 0 Å². The predicted octanol–water partition coefficient (Wildman–Crippen LogP) is 3.76. The van der Waals surface area contributed by atoms with Crippen LogP contribution in [-0.4, -0.2) is 41.4 Å². The van der Waals surface area contributed by atoms with Gasteiger partial charge in [0, 0.05) is 12.3 Å². The van der Waals surface area contributed by atoms with Crippen molar-refractivity contribution >= 4 is 11.3 Å². The first-order chi connectivity index (χ1) is 11.9. The van der Waals surface area contributed by atoms with E-state index in [4.69, 9.17) is 4.74 Å². The number of rotatable bonds is 8. The van der Waals surface area contributed by atoms with Crippen LogP contribution in [0.2, 0.25) is 0 Å². The lowest BCUT2D eigenvalue weighted by molar-refractivity contribution is -0.175. The van der Waals surface area contributed by atoms with E-state index in [2.05, 4.69) is 9.84 Å². The number of ketones is 1. The van der Waals surface area contributed by atoms with E-state index < -0.39 is 12.8 Å². The fourth-order valence-corrected chi connectivity index (χ4v) is 2.71. The number of hydrogen-bond acceptors (Lipinski definition) is 4. The summed E-state index contributed by atoms with van der Waals surface area (Å²) in [6.45, 7) is 0.377. The van der Waals surface area contributed by atoms with Crippen LogP contribution in [0.1, 0.15) is 48.2 Å². The highest BCUT2D eigenvalue weighted by molar-refractivity contribution is 6.02. The van der Waals surface area contributed by atoms with E-state index in [0.29, 0.717) is 23.7 Å². The molecule has 25 heavy (non-hydrogen) atoms. The number of Topliss-reactive ketones (excluding diaryl/α,β-unsaturated/α-hetero) is 1. The second kappa shape index (κ2) is 7.03. The fourth-order valence-electron chi connectivity index (χ4n) is 2.71. The number of alkyl halides is 3. The molecular formula is C17H19F3N2O3. The van der Waals surface area contributed by atoms with Gasteiger partial charge in [-0.15, -0.1) is 0 Å². The van der Waals surface area contributed by atoms with Crippen LogP contribution in [-0.2, 0) is 4.74 Å². The standard InChI is InChI=1S/C17H19F3N2O3/c1-2-14(23)12-9-21-22-13(12)5-6-15(16(22)11-3-4-11)25-8-7-24-10-17(18,19)20/h5-6,9,11H,2-4,7-8,10H2,1H3. The second-order valence-electron chi connectivity index (χ2n) is 6.01. The van der Waals surface area contributed by atoms with Crippen molar-refractivity contribution in [2.24, 2.45) is 0 Å². The van der Waals surface area contributed by atoms with Crippen molar-refractivity contribution in [2.75, 3.05) is 19.8 Å². The third kappa shape index (κ3) is 4.12. The van der Waals surface area contributed by atoms with Crippen molar-refractivity contribution in [3.63, 3.8) is 0 Å². The monoisotopic (exact) mass is 356 g/mol. The number of carbonyl (C=O) groups is 1. The first-order valence-corrected chi connectivity index (χ1v) is 8.22. The highest BCUT2D eigenvalue weighted by atomic mass is 19.4. The molecule has 0 aliphatic heterocycles. The molecule has 2 aromatic rings. The van der Waals surface area contributed by atoms with Crippen LogP contribution < -0.4 is 4.74 Å². The molecule has 0 saturated heterocycles. The van der Waals surface area contributed by atoms with Crippen LogP contribution in [0.5, 0.6) is 5.75 Å². The molecule has 0 amide bonds. The number of ether oxygens (including phenoxy) is 2. The maximum atomic E-state index is 12.1. The summed E-state index contributed by atoms with van der Waals surface area (Å²) >= 11 is 0. The minimum absolute atomic E-state index is 0.0172. The van der Waals surface area contributed by atoms with Crippen molar-refractivity contribution in [3.8, 4) is 5.75 Å². The molecule has 2 aromatic heterocycles. The summed E-state index contributed by atoms with van der Waals surface area (Å²) in [6.07, 6.45) is -0.387. The number of carbonyl (C=O) groups excluding carboxylic acids is 1. The first-order valence-electron chi connectivity index (χ1n) is 8.22. The van der Waals surface area contributed by atoms with Gasteiger partial charge in [-0.2, -0.15) is 18.3 Å². The Balaban J connectivity index is 1.75. The second-order valence-corrected chi connectivity index (χ2v) is 6.01. The number of fused-ring (bicyclic) bond motifs is 1. The average Bonchev–Trinajstić information content (AvgIpc) is 3.30. The molecule has 5 nitrogen and oxygen atoms in total. The summed E-state index contributed by atoms with van der Waals surface area (Å²) in [4.78, 5) is 12.0. The third-order valence-corrected chi connectivity index (χ3v) is 4.02. The summed E-state index contributed by atoms with van der Waals surface area (Å²) in [6, 6.07) is 3.51. The lowest BCUT2D eigenvalue weighted by Crippen LogP contribution is -2.19. The molecule has 0 N–H and O–H groups in total. The van der Waals surface area contributed by atoms with Gasteiger partial charge < -0.3 is 9.47 Å². The Morgan fingerprint density at radius 3 is 2.72 bits per heavy atom. The smallest absolute Gasteiger partial charge is 0.411 e. The molecule has 0 radical (unpaired) electrons. The SMILES string of the molecule is CCC(=O)c1cnn2c(C3CC3)c(OCCOCC(F)(F)F)ccc12. The molecule has 0 aromatic carbocycles. The van der Waals surface area contributed by atoms with Crippen molar-refractivity contribution < 1.29 is 27.4 Å². The zero-order valence-electron chi connectivity index (χ0n) is 13.8. The molecule has 2 heterocycles. The molecule has 136 valence electrons. The molecule has 1 aliphatic rings. The summed E-state index contributed by atoms with van der Waals surface area (Å²) in [5.74, 6) is 0.884. The Morgan fingerprint density at radius 2 is 2.08 bits per heavy atom. The largest absolute Gasteiger partial charge is 0.489 e. The van der Waals surface area contributed by atoms with E-state index in [1.807, 2.05) is 0 Å². The Hall–Kier alpha value is -2.09. The summed E-state index contributed by atoms with van der Waals surface area (Å²) in [7, 11) is 0. The van der Waals surface area contributed by atoms with E-state index in [9.17, 15) is 18.0 Å². The van der Waals surface area contributed by atoms with Crippen LogP contribution in [0.15, 0.2) is 18.3 Å². The maximum absolute atomic E-state index is 12.1. The highest BCUT2D eigenvalue weighted by Crippen LogP contribution is 2.44. The number of aromatic nitrogens is 2. The van der Waals surface area contributed by atoms with Crippen LogP contribution in [0.4, 0.5) is 13.2 Å². The zero-order chi connectivity index (χ0) is 18.0. The normalized spacial score (nSPS) is 14.9. The zero-order valence-corrected chi connectivity index (χ0v) is 13.8. The summed E-state index contributed by atoms with van der Waals surface area (Å²) < 4.78 is 48.0. The lowest BCUT2D eigenvalue weighted by Gasteiger charge is -2.13. The Labute approximate surface area is 142 Å². The van der Waals surface area contributed by atoms with E-state index in [1.54, 1.807) is 29.8 Å². The van der Waals surface area contributed by atoms with Gasteiger partial charge in [0.25, 0.3) is 0 Å². The van der Waals surface area contributed by atoms with Crippen molar-refractivity contribution in [1.29, 1.82) is 0 Å². The van der Waals surface area contributed by atoms with Gasteiger partial charge in [-0.1, -0.05) is 6.92 Å².